The topological polar surface area (TPSA) is 32.3 Å². The molecule has 1 aromatic carbocycles. The van der Waals surface area contributed by atoms with E-state index >= 15 is 0 Å². The summed E-state index contributed by atoms with van der Waals surface area (Å²) in [5.41, 5.74) is 2.74. The van der Waals surface area contributed by atoms with Gasteiger partial charge in [0.2, 0.25) is 0 Å². The molecular weight excluding hydrogens is 210 g/mol. The molecule has 0 bridgehead atoms. The molecule has 17 heavy (non-hydrogen) atoms. The molecule has 3 atom stereocenters. The molecule has 0 heterocycles. The molecule has 92 valence electrons. The maximum atomic E-state index is 9.61. The van der Waals surface area contributed by atoms with Gasteiger partial charge in [-0.2, -0.15) is 0 Å². The van der Waals surface area contributed by atoms with Crippen molar-refractivity contribution in [2.75, 3.05) is 6.54 Å². The number of benzene rings is 1. The number of aromatic hydroxyl groups is 1. The summed E-state index contributed by atoms with van der Waals surface area (Å²) in [7, 11) is 0. The summed E-state index contributed by atoms with van der Waals surface area (Å²) in [6.45, 7) is 3.47. The van der Waals surface area contributed by atoms with Crippen LogP contribution in [0.5, 0.6) is 5.75 Å². The summed E-state index contributed by atoms with van der Waals surface area (Å²) in [6, 6.07) is 6.30. The molecule has 2 N–H and O–H groups in total. The van der Waals surface area contributed by atoms with E-state index in [4.69, 9.17) is 0 Å². The summed E-state index contributed by atoms with van der Waals surface area (Å²) < 4.78 is 0. The standard InChI is InChI=1S/C15H21NO/c1-10-7-12(10)9-16-15-4-2-3-11-5-6-13(17)8-14(11)15/h5-6,8,10,12,15-17H,2-4,7,9H2,1H3. The van der Waals surface area contributed by atoms with Crippen LogP contribution in [0.4, 0.5) is 0 Å². The molecule has 0 saturated heterocycles. The van der Waals surface area contributed by atoms with E-state index < -0.39 is 0 Å². The van der Waals surface area contributed by atoms with E-state index in [1.807, 2.05) is 12.1 Å². The molecule has 1 fully saturated rings. The minimum atomic E-state index is 0.400. The van der Waals surface area contributed by atoms with E-state index in [1.165, 1.54) is 30.4 Å². The van der Waals surface area contributed by atoms with Crippen LogP contribution in [-0.2, 0) is 6.42 Å². The van der Waals surface area contributed by atoms with Crippen LogP contribution >= 0.6 is 0 Å². The van der Waals surface area contributed by atoms with Crippen molar-refractivity contribution < 1.29 is 5.11 Å². The number of fused-ring (bicyclic) bond motifs is 1. The van der Waals surface area contributed by atoms with Crippen molar-refractivity contribution in [3.8, 4) is 5.75 Å². The van der Waals surface area contributed by atoms with Gasteiger partial charge in [-0.25, -0.2) is 0 Å². The monoisotopic (exact) mass is 231 g/mol. The van der Waals surface area contributed by atoms with Gasteiger partial charge >= 0.3 is 0 Å². The first-order chi connectivity index (χ1) is 8.24. The van der Waals surface area contributed by atoms with Gasteiger partial charge in [0.25, 0.3) is 0 Å². The molecular formula is C15H21NO. The Bertz CT molecular complexity index is 415. The Kier molecular flexibility index (Phi) is 2.83. The first-order valence-electron chi connectivity index (χ1n) is 6.79. The van der Waals surface area contributed by atoms with Crippen molar-refractivity contribution in [3.05, 3.63) is 29.3 Å². The lowest BCUT2D eigenvalue weighted by atomic mass is 9.87. The first-order valence-corrected chi connectivity index (χ1v) is 6.79. The molecule has 3 unspecified atom stereocenters. The van der Waals surface area contributed by atoms with Gasteiger partial charge in [0.15, 0.2) is 0 Å². The number of hydrogen-bond donors (Lipinski definition) is 2. The zero-order chi connectivity index (χ0) is 11.8. The lowest BCUT2D eigenvalue weighted by Crippen LogP contribution is -2.27. The highest BCUT2D eigenvalue weighted by Crippen LogP contribution is 2.38. The third kappa shape index (κ3) is 2.32. The number of phenols is 1. The van der Waals surface area contributed by atoms with Crippen molar-refractivity contribution in [1.82, 2.24) is 5.32 Å². The fraction of sp³-hybridized carbons (Fsp3) is 0.600. The van der Waals surface area contributed by atoms with Gasteiger partial charge in [-0.15, -0.1) is 0 Å². The second-order valence-electron chi connectivity index (χ2n) is 5.71. The van der Waals surface area contributed by atoms with Gasteiger partial charge in [-0.1, -0.05) is 13.0 Å². The smallest absolute Gasteiger partial charge is 0.115 e. The van der Waals surface area contributed by atoms with Crippen LogP contribution < -0.4 is 5.32 Å². The van der Waals surface area contributed by atoms with E-state index in [1.54, 1.807) is 0 Å². The summed E-state index contributed by atoms with van der Waals surface area (Å²) in [6.07, 6.45) is 5.01. The molecule has 2 nitrogen and oxygen atoms in total. The normalized spacial score (nSPS) is 31.0. The van der Waals surface area contributed by atoms with Gasteiger partial charge in [0.1, 0.15) is 5.75 Å². The van der Waals surface area contributed by atoms with Crippen LogP contribution in [-0.4, -0.2) is 11.7 Å². The molecule has 1 saturated carbocycles. The second-order valence-corrected chi connectivity index (χ2v) is 5.71. The lowest BCUT2D eigenvalue weighted by molar-refractivity contribution is 0.436. The number of hydrogen-bond acceptors (Lipinski definition) is 2. The van der Waals surface area contributed by atoms with Gasteiger partial charge < -0.3 is 10.4 Å². The Morgan fingerprint density at radius 2 is 2.24 bits per heavy atom. The van der Waals surface area contributed by atoms with E-state index in [2.05, 4.69) is 18.3 Å². The van der Waals surface area contributed by atoms with Crippen LogP contribution in [0.3, 0.4) is 0 Å². The average Bonchev–Trinajstić information content (AvgIpc) is 3.03. The predicted octanol–water partition coefficient (Wildman–Crippen LogP) is 3.02. The Balaban J connectivity index is 1.71. The fourth-order valence-corrected chi connectivity index (χ4v) is 2.98. The zero-order valence-electron chi connectivity index (χ0n) is 10.4. The highest BCUT2D eigenvalue weighted by Gasteiger charge is 2.33. The van der Waals surface area contributed by atoms with Crippen LogP contribution in [0, 0.1) is 11.8 Å². The zero-order valence-corrected chi connectivity index (χ0v) is 10.4. The quantitative estimate of drug-likeness (QED) is 0.838. The number of phenolic OH excluding ortho intramolecular Hbond substituents is 1. The largest absolute Gasteiger partial charge is 0.508 e. The maximum absolute atomic E-state index is 9.61. The third-order valence-electron chi connectivity index (χ3n) is 4.35. The minimum Gasteiger partial charge on any atom is -0.508 e. The van der Waals surface area contributed by atoms with E-state index in [9.17, 15) is 5.11 Å². The molecule has 0 aliphatic heterocycles. The van der Waals surface area contributed by atoms with Crippen molar-refractivity contribution in [2.45, 2.75) is 38.6 Å². The molecule has 0 spiro atoms. The SMILES string of the molecule is CC1CC1CNC1CCCc2ccc(O)cc21. The predicted molar refractivity (Wildman–Crippen MR) is 69.1 cm³/mol. The summed E-state index contributed by atoms with van der Waals surface area (Å²) in [5, 5.41) is 13.3. The number of rotatable bonds is 3. The minimum absolute atomic E-state index is 0.400. The number of aryl methyl sites for hydroxylation is 1. The first kappa shape index (κ1) is 11.1. The molecule has 2 heteroatoms. The number of nitrogens with one attached hydrogen (secondary N) is 1. The van der Waals surface area contributed by atoms with Crippen molar-refractivity contribution in [3.63, 3.8) is 0 Å². The Hall–Kier alpha value is -1.02. The third-order valence-corrected chi connectivity index (χ3v) is 4.35. The molecule has 3 rings (SSSR count). The maximum Gasteiger partial charge on any atom is 0.115 e. The van der Waals surface area contributed by atoms with Gasteiger partial charge in [-0.3, -0.25) is 0 Å². The van der Waals surface area contributed by atoms with E-state index in [0.29, 0.717) is 11.8 Å². The highest BCUT2D eigenvalue weighted by molar-refractivity contribution is 5.38. The van der Waals surface area contributed by atoms with Crippen molar-refractivity contribution in [2.24, 2.45) is 11.8 Å². The molecule has 0 aromatic heterocycles. The van der Waals surface area contributed by atoms with Crippen LogP contribution in [0.1, 0.15) is 43.4 Å². The summed E-state index contributed by atoms with van der Waals surface area (Å²) in [5.74, 6) is 2.20. The lowest BCUT2D eigenvalue weighted by Gasteiger charge is -2.26. The molecule has 0 radical (unpaired) electrons. The average molecular weight is 231 g/mol. The molecule has 2 aliphatic rings. The van der Waals surface area contributed by atoms with Gasteiger partial charge in [-0.05, 0) is 67.3 Å². The van der Waals surface area contributed by atoms with Crippen molar-refractivity contribution in [1.29, 1.82) is 0 Å². The van der Waals surface area contributed by atoms with E-state index in [-0.39, 0.29) is 0 Å². The Morgan fingerprint density at radius 1 is 1.41 bits per heavy atom. The van der Waals surface area contributed by atoms with Gasteiger partial charge in [0, 0.05) is 6.04 Å². The molecule has 2 aliphatic carbocycles. The van der Waals surface area contributed by atoms with Crippen LogP contribution in [0.25, 0.3) is 0 Å². The Morgan fingerprint density at radius 3 is 3.00 bits per heavy atom. The van der Waals surface area contributed by atoms with Crippen LogP contribution in [0.2, 0.25) is 0 Å². The second kappa shape index (κ2) is 4.34. The van der Waals surface area contributed by atoms with E-state index in [0.717, 1.165) is 24.8 Å². The Labute approximate surface area is 103 Å². The van der Waals surface area contributed by atoms with Crippen molar-refractivity contribution >= 4 is 0 Å². The van der Waals surface area contributed by atoms with Gasteiger partial charge in [0.05, 0.1) is 0 Å². The highest BCUT2D eigenvalue weighted by atomic mass is 16.3. The molecule has 1 aromatic rings. The summed E-state index contributed by atoms with van der Waals surface area (Å²) in [4.78, 5) is 0. The molecule has 0 amide bonds. The summed E-state index contributed by atoms with van der Waals surface area (Å²) >= 11 is 0. The fourth-order valence-electron chi connectivity index (χ4n) is 2.98. The van der Waals surface area contributed by atoms with Crippen LogP contribution in [0.15, 0.2) is 18.2 Å².